The zero-order valence-corrected chi connectivity index (χ0v) is 12.3. The van der Waals surface area contributed by atoms with E-state index in [1.807, 2.05) is 0 Å². The van der Waals surface area contributed by atoms with Crippen LogP contribution in [0.25, 0.3) is 30.5 Å². The van der Waals surface area contributed by atoms with Crippen molar-refractivity contribution in [3.63, 3.8) is 0 Å². The third-order valence-electron chi connectivity index (χ3n) is 2.63. The fourth-order valence-corrected chi connectivity index (χ4v) is 5.35. The van der Waals surface area contributed by atoms with Gasteiger partial charge in [0, 0.05) is 15.3 Å². The minimum absolute atomic E-state index is 1.05. The zero-order valence-electron chi connectivity index (χ0n) is 8.99. The fourth-order valence-electron chi connectivity index (χ4n) is 1.89. The molecule has 4 rings (SSSR count). The average Bonchev–Trinajstić information content (AvgIpc) is 3.13. The molecule has 0 aliphatic carbocycles. The molecule has 0 aromatic carbocycles. The Kier molecular flexibility index (Phi) is 2.54. The van der Waals surface area contributed by atoms with E-state index in [4.69, 9.17) is 0 Å². The smallest absolute Gasteiger partial charge is 0.158 e. The lowest BCUT2D eigenvalue weighted by Crippen LogP contribution is -1.73. The second-order valence-electron chi connectivity index (χ2n) is 3.68. The van der Waals surface area contributed by atoms with Crippen molar-refractivity contribution in [1.82, 2.24) is 8.75 Å². The molecule has 0 unspecified atom stereocenters. The summed E-state index contributed by atoms with van der Waals surface area (Å²) in [5.41, 5.74) is 2.30. The van der Waals surface area contributed by atoms with Crippen molar-refractivity contribution in [1.29, 1.82) is 0 Å². The lowest BCUT2D eigenvalue weighted by molar-refractivity contribution is 1.69. The van der Waals surface area contributed by atoms with E-state index in [-0.39, 0.29) is 0 Å². The molecule has 0 aliphatic rings. The number of nitrogens with zero attached hydrogens (tertiary/aromatic N) is 2. The van der Waals surface area contributed by atoms with Crippen LogP contribution in [0.2, 0.25) is 0 Å². The first kappa shape index (κ1) is 10.8. The van der Waals surface area contributed by atoms with Gasteiger partial charge in [-0.25, -0.2) is 0 Å². The summed E-state index contributed by atoms with van der Waals surface area (Å²) in [5.74, 6) is 0. The molecule has 6 heteroatoms. The molecule has 4 aromatic heterocycles. The van der Waals surface area contributed by atoms with Gasteiger partial charge in [-0.15, -0.1) is 34.0 Å². The minimum Gasteiger partial charge on any atom is -0.171 e. The summed E-state index contributed by atoms with van der Waals surface area (Å²) >= 11 is 6.56. The largest absolute Gasteiger partial charge is 0.171 e. The molecular weight excluding hydrogens is 300 g/mol. The second-order valence-corrected chi connectivity index (χ2v) is 7.10. The van der Waals surface area contributed by atoms with Gasteiger partial charge in [-0.2, -0.15) is 8.75 Å². The van der Waals surface area contributed by atoms with Crippen LogP contribution in [-0.2, 0) is 0 Å². The van der Waals surface area contributed by atoms with E-state index in [1.54, 1.807) is 34.0 Å². The van der Waals surface area contributed by atoms with Gasteiger partial charge in [-0.05, 0) is 22.9 Å². The second kappa shape index (κ2) is 4.24. The molecule has 0 bridgehead atoms. The van der Waals surface area contributed by atoms with Crippen molar-refractivity contribution in [3.05, 3.63) is 35.0 Å². The summed E-state index contributed by atoms with van der Waals surface area (Å²) in [4.78, 5) is 4.92. The molecule has 0 radical (unpaired) electrons. The summed E-state index contributed by atoms with van der Waals surface area (Å²) in [7, 11) is 0. The van der Waals surface area contributed by atoms with Gasteiger partial charge in [-0.1, -0.05) is 12.1 Å². The molecule has 0 amide bonds. The van der Waals surface area contributed by atoms with Crippen LogP contribution >= 0.6 is 45.7 Å². The van der Waals surface area contributed by atoms with E-state index < -0.39 is 0 Å². The average molecular weight is 306 g/mol. The summed E-state index contributed by atoms with van der Waals surface area (Å²) in [5, 5.41) is 4.22. The van der Waals surface area contributed by atoms with E-state index in [0.717, 1.165) is 10.3 Å². The molecule has 18 heavy (non-hydrogen) atoms. The first-order valence-corrected chi connectivity index (χ1v) is 8.57. The molecule has 0 atom stereocenters. The van der Waals surface area contributed by atoms with E-state index >= 15 is 0 Å². The number of fused-ring (bicyclic) bond motifs is 1. The number of rotatable bonds is 2. The molecule has 4 aromatic rings. The Labute approximate surface area is 120 Å². The molecule has 4 heterocycles. The highest BCUT2D eigenvalue weighted by atomic mass is 32.1. The summed E-state index contributed by atoms with van der Waals surface area (Å²) in [6, 6.07) is 8.49. The molecule has 0 spiro atoms. The highest BCUT2D eigenvalue weighted by Gasteiger charge is 2.19. The molecule has 88 valence electrons. The molecule has 0 saturated heterocycles. The van der Waals surface area contributed by atoms with Crippen molar-refractivity contribution >= 4 is 56.1 Å². The van der Waals surface area contributed by atoms with Crippen LogP contribution in [-0.4, -0.2) is 8.75 Å². The van der Waals surface area contributed by atoms with Crippen molar-refractivity contribution in [3.8, 4) is 20.2 Å². The highest BCUT2D eigenvalue weighted by Crippen LogP contribution is 2.46. The Morgan fingerprint density at radius 3 is 2.39 bits per heavy atom. The summed E-state index contributed by atoms with van der Waals surface area (Å²) in [6.45, 7) is 0. The van der Waals surface area contributed by atoms with Gasteiger partial charge < -0.3 is 0 Å². The van der Waals surface area contributed by atoms with Gasteiger partial charge in [-0.3, -0.25) is 0 Å². The molecule has 0 fully saturated rings. The number of thiophene rings is 3. The third-order valence-corrected chi connectivity index (χ3v) is 6.29. The topological polar surface area (TPSA) is 25.8 Å². The minimum atomic E-state index is 1.05. The summed E-state index contributed by atoms with van der Waals surface area (Å²) < 4.78 is 8.84. The molecule has 0 N–H and O–H groups in total. The van der Waals surface area contributed by atoms with Crippen molar-refractivity contribution in [2.45, 2.75) is 0 Å². The number of hydrogen-bond donors (Lipinski definition) is 0. The van der Waals surface area contributed by atoms with Gasteiger partial charge in [0.2, 0.25) is 0 Å². The van der Waals surface area contributed by atoms with Gasteiger partial charge >= 0.3 is 0 Å². The van der Waals surface area contributed by atoms with Gasteiger partial charge in [0.05, 0.1) is 16.6 Å². The Balaban J connectivity index is 2.08. The van der Waals surface area contributed by atoms with Crippen molar-refractivity contribution in [2.75, 3.05) is 0 Å². The quantitative estimate of drug-likeness (QED) is 0.508. The van der Waals surface area contributed by atoms with Crippen LogP contribution in [0.1, 0.15) is 0 Å². The Bertz CT molecular complexity index is 778. The Morgan fingerprint density at radius 2 is 1.67 bits per heavy atom. The van der Waals surface area contributed by atoms with Crippen LogP contribution in [0.15, 0.2) is 35.0 Å². The normalized spacial score (nSPS) is 11.3. The number of hydrogen-bond acceptors (Lipinski definition) is 6. The molecule has 2 nitrogen and oxygen atoms in total. The number of aromatic nitrogens is 2. The van der Waals surface area contributed by atoms with E-state index in [2.05, 4.69) is 43.8 Å². The van der Waals surface area contributed by atoms with Gasteiger partial charge in [0.15, 0.2) is 4.83 Å². The van der Waals surface area contributed by atoms with Crippen molar-refractivity contribution in [2.24, 2.45) is 0 Å². The zero-order chi connectivity index (χ0) is 11.9. The molecule has 0 aliphatic heterocycles. The van der Waals surface area contributed by atoms with Crippen LogP contribution in [0.4, 0.5) is 0 Å². The van der Waals surface area contributed by atoms with E-state index in [9.17, 15) is 0 Å². The maximum Gasteiger partial charge on any atom is 0.158 e. The van der Waals surface area contributed by atoms with Gasteiger partial charge in [0.1, 0.15) is 5.52 Å². The fraction of sp³-hybridized carbons (Fsp3) is 0. The van der Waals surface area contributed by atoms with E-state index in [0.29, 0.717) is 0 Å². The predicted octanol–water partition coefficient (Wildman–Crippen LogP) is 5.21. The maximum absolute atomic E-state index is 4.46. The molecular formula is C12H6N2S4. The first-order valence-electron chi connectivity index (χ1n) is 5.26. The van der Waals surface area contributed by atoms with E-state index in [1.165, 1.54) is 31.9 Å². The Morgan fingerprint density at radius 1 is 0.889 bits per heavy atom. The predicted molar refractivity (Wildman–Crippen MR) is 81.9 cm³/mol. The Hall–Kier alpha value is -1.08. The lowest BCUT2D eigenvalue weighted by atomic mass is 10.2. The summed E-state index contributed by atoms with van der Waals surface area (Å²) in [6.07, 6.45) is 0. The van der Waals surface area contributed by atoms with Crippen LogP contribution in [0.3, 0.4) is 0 Å². The maximum atomic E-state index is 4.46. The SMILES string of the molecule is c1csc(-c2sc3nsnc3c2-c2cccs2)c1. The van der Waals surface area contributed by atoms with Crippen molar-refractivity contribution < 1.29 is 0 Å². The van der Waals surface area contributed by atoms with Crippen LogP contribution < -0.4 is 0 Å². The highest BCUT2D eigenvalue weighted by molar-refractivity contribution is 7.27. The third kappa shape index (κ3) is 1.57. The standard InChI is InChI=1S/C12H6N2S4/c1-3-7(15-5-1)9-10-12(14-18-13-10)17-11(9)8-4-2-6-16-8/h1-6H. The monoisotopic (exact) mass is 306 g/mol. The van der Waals surface area contributed by atoms with Gasteiger partial charge in [0.25, 0.3) is 0 Å². The lowest BCUT2D eigenvalue weighted by Gasteiger charge is -1.98. The molecule has 0 saturated carbocycles. The van der Waals surface area contributed by atoms with Crippen LogP contribution in [0, 0.1) is 0 Å². The van der Waals surface area contributed by atoms with Crippen LogP contribution in [0.5, 0.6) is 0 Å². The first-order chi connectivity index (χ1) is 8.93.